The second-order valence-corrected chi connectivity index (χ2v) is 5.00. The van der Waals surface area contributed by atoms with E-state index in [9.17, 15) is 0 Å². The molecule has 0 atom stereocenters. The van der Waals surface area contributed by atoms with Crippen molar-refractivity contribution in [3.8, 4) is 5.75 Å². The molecule has 1 aromatic heterocycles. The van der Waals surface area contributed by atoms with E-state index < -0.39 is 0 Å². The Bertz CT molecular complexity index is 626. The van der Waals surface area contributed by atoms with Crippen LogP contribution in [0, 0.1) is 6.92 Å². The normalized spacial score (nSPS) is 11.0. The molecule has 0 fully saturated rings. The van der Waals surface area contributed by atoms with Crippen LogP contribution < -0.4 is 15.8 Å². The maximum absolute atomic E-state index is 5.88. The molecule has 0 radical (unpaired) electrons. The standard InChI is InChI=1S/C16H23N5O.HI/c1-13-18-9-11-21(13)10-4-3-8-19-16(17)20-14-6-5-7-15(12-14)22-2;/h5-7,9,11-12H,3-4,8,10H2,1-2H3,(H3,17,19,20);1H. The van der Waals surface area contributed by atoms with Crippen LogP contribution >= 0.6 is 24.0 Å². The monoisotopic (exact) mass is 429 g/mol. The van der Waals surface area contributed by atoms with Crippen molar-refractivity contribution in [2.75, 3.05) is 19.0 Å². The number of methoxy groups -OCH3 is 1. The highest BCUT2D eigenvalue weighted by atomic mass is 127. The molecule has 0 amide bonds. The molecular weight excluding hydrogens is 405 g/mol. The number of nitrogens with one attached hydrogen (secondary N) is 1. The number of halogens is 1. The van der Waals surface area contributed by atoms with Crippen LogP contribution in [0.3, 0.4) is 0 Å². The van der Waals surface area contributed by atoms with Crippen molar-refractivity contribution in [3.63, 3.8) is 0 Å². The summed E-state index contributed by atoms with van der Waals surface area (Å²) in [4.78, 5) is 8.53. The second-order valence-electron chi connectivity index (χ2n) is 5.00. The van der Waals surface area contributed by atoms with Crippen molar-refractivity contribution in [2.45, 2.75) is 26.3 Å². The molecule has 1 aromatic carbocycles. The first-order valence-electron chi connectivity index (χ1n) is 7.38. The van der Waals surface area contributed by atoms with Crippen LogP contribution in [0.25, 0.3) is 0 Å². The van der Waals surface area contributed by atoms with Crippen LogP contribution in [0.15, 0.2) is 41.7 Å². The van der Waals surface area contributed by atoms with E-state index in [1.54, 1.807) is 7.11 Å². The Kier molecular flexibility index (Phi) is 8.46. The number of aliphatic imine (C=N–C) groups is 1. The Hall–Kier alpha value is -1.77. The number of aromatic nitrogens is 2. The zero-order valence-electron chi connectivity index (χ0n) is 13.5. The van der Waals surface area contributed by atoms with Gasteiger partial charge < -0.3 is 20.4 Å². The molecule has 7 heteroatoms. The first kappa shape index (κ1) is 19.3. The molecule has 0 spiro atoms. The fraction of sp³-hybridized carbons (Fsp3) is 0.375. The van der Waals surface area contributed by atoms with Gasteiger partial charge in [0.1, 0.15) is 11.6 Å². The molecule has 0 saturated heterocycles. The molecule has 0 saturated carbocycles. The third-order valence-electron chi connectivity index (χ3n) is 3.36. The smallest absolute Gasteiger partial charge is 0.193 e. The van der Waals surface area contributed by atoms with Gasteiger partial charge in [-0.3, -0.25) is 4.99 Å². The SMILES string of the molecule is COc1cccc(NC(N)=NCCCCn2ccnc2C)c1.I. The highest BCUT2D eigenvalue weighted by molar-refractivity contribution is 14.0. The first-order chi connectivity index (χ1) is 10.7. The Morgan fingerprint density at radius 1 is 1.39 bits per heavy atom. The summed E-state index contributed by atoms with van der Waals surface area (Å²) in [5.41, 5.74) is 6.75. The van der Waals surface area contributed by atoms with Crippen molar-refractivity contribution in [1.29, 1.82) is 0 Å². The van der Waals surface area contributed by atoms with Gasteiger partial charge in [0.25, 0.3) is 0 Å². The summed E-state index contributed by atoms with van der Waals surface area (Å²) in [6.45, 7) is 3.68. The van der Waals surface area contributed by atoms with Crippen LogP contribution in [0.1, 0.15) is 18.7 Å². The van der Waals surface area contributed by atoms with E-state index in [1.807, 2.05) is 43.6 Å². The predicted octanol–water partition coefficient (Wildman–Crippen LogP) is 3.03. The van der Waals surface area contributed by atoms with Gasteiger partial charge in [-0.05, 0) is 31.9 Å². The van der Waals surface area contributed by atoms with Crippen molar-refractivity contribution >= 4 is 35.6 Å². The Morgan fingerprint density at radius 3 is 2.91 bits per heavy atom. The molecule has 0 bridgehead atoms. The van der Waals surface area contributed by atoms with Crippen LogP contribution in [-0.4, -0.2) is 29.2 Å². The summed E-state index contributed by atoms with van der Waals surface area (Å²) in [6.07, 6.45) is 5.85. The van der Waals surface area contributed by atoms with Crippen molar-refractivity contribution in [3.05, 3.63) is 42.5 Å². The number of hydrogen-bond acceptors (Lipinski definition) is 3. The molecule has 126 valence electrons. The third kappa shape index (κ3) is 6.47. The quantitative estimate of drug-likeness (QED) is 0.307. The van der Waals surface area contributed by atoms with Gasteiger partial charge in [-0.25, -0.2) is 4.98 Å². The average Bonchev–Trinajstić information content (AvgIpc) is 2.92. The number of ether oxygens (including phenoxy) is 1. The average molecular weight is 429 g/mol. The van der Waals surface area contributed by atoms with Gasteiger partial charge in [-0.2, -0.15) is 0 Å². The highest BCUT2D eigenvalue weighted by Crippen LogP contribution is 2.16. The minimum Gasteiger partial charge on any atom is -0.497 e. The predicted molar refractivity (Wildman–Crippen MR) is 105 cm³/mol. The van der Waals surface area contributed by atoms with Gasteiger partial charge in [-0.15, -0.1) is 24.0 Å². The number of aryl methyl sites for hydroxylation is 2. The van der Waals surface area contributed by atoms with Crippen molar-refractivity contribution in [1.82, 2.24) is 9.55 Å². The molecule has 0 aliphatic heterocycles. The second kappa shape index (κ2) is 10.1. The van der Waals surface area contributed by atoms with Gasteiger partial charge in [0.05, 0.1) is 7.11 Å². The topological polar surface area (TPSA) is 77.5 Å². The summed E-state index contributed by atoms with van der Waals surface area (Å²) >= 11 is 0. The molecule has 2 rings (SSSR count). The lowest BCUT2D eigenvalue weighted by molar-refractivity contribution is 0.415. The summed E-state index contributed by atoms with van der Waals surface area (Å²) in [5, 5.41) is 3.06. The van der Waals surface area contributed by atoms with E-state index >= 15 is 0 Å². The maximum Gasteiger partial charge on any atom is 0.193 e. The number of rotatable bonds is 7. The van der Waals surface area contributed by atoms with Gasteiger partial charge >= 0.3 is 0 Å². The maximum atomic E-state index is 5.88. The lowest BCUT2D eigenvalue weighted by Crippen LogP contribution is -2.22. The van der Waals surface area contributed by atoms with Gasteiger partial charge in [0.15, 0.2) is 5.96 Å². The number of guanidine groups is 1. The van der Waals surface area contributed by atoms with Crippen molar-refractivity contribution in [2.24, 2.45) is 10.7 Å². The summed E-state index contributed by atoms with van der Waals surface area (Å²) in [6, 6.07) is 7.59. The van der Waals surface area contributed by atoms with Crippen LogP contribution in [0.5, 0.6) is 5.75 Å². The number of nitrogens with zero attached hydrogens (tertiary/aromatic N) is 3. The van der Waals surface area contributed by atoms with E-state index in [-0.39, 0.29) is 24.0 Å². The Labute approximate surface area is 154 Å². The minimum atomic E-state index is 0. The number of anilines is 1. The fourth-order valence-electron chi connectivity index (χ4n) is 2.12. The molecule has 6 nitrogen and oxygen atoms in total. The number of nitrogens with two attached hydrogens (primary N) is 1. The number of benzene rings is 1. The summed E-state index contributed by atoms with van der Waals surface area (Å²) < 4.78 is 7.31. The first-order valence-corrected chi connectivity index (χ1v) is 7.38. The van der Waals surface area contributed by atoms with E-state index in [2.05, 4.69) is 19.9 Å². The van der Waals surface area contributed by atoms with E-state index in [0.717, 1.165) is 36.6 Å². The minimum absolute atomic E-state index is 0. The Balaban J connectivity index is 0.00000264. The number of unbranched alkanes of at least 4 members (excludes halogenated alkanes) is 1. The van der Waals surface area contributed by atoms with Crippen molar-refractivity contribution < 1.29 is 4.74 Å². The number of imidazole rings is 1. The fourth-order valence-corrected chi connectivity index (χ4v) is 2.12. The van der Waals surface area contributed by atoms with Gasteiger partial charge in [-0.1, -0.05) is 6.07 Å². The van der Waals surface area contributed by atoms with Gasteiger partial charge in [0.2, 0.25) is 0 Å². The molecule has 0 unspecified atom stereocenters. The summed E-state index contributed by atoms with van der Waals surface area (Å²) in [5.74, 6) is 2.25. The van der Waals surface area contributed by atoms with Crippen LogP contribution in [0.2, 0.25) is 0 Å². The largest absolute Gasteiger partial charge is 0.497 e. The molecule has 3 N–H and O–H groups in total. The molecular formula is C16H24IN5O. The molecule has 0 aliphatic rings. The van der Waals surface area contributed by atoms with E-state index in [4.69, 9.17) is 10.5 Å². The zero-order valence-corrected chi connectivity index (χ0v) is 15.9. The highest BCUT2D eigenvalue weighted by Gasteiger charge is 1.98. The van der Waals surface area contributed by atoms with Crippen LogP contribution in [0.4, 0.5) is 5.69 Å². The number of hydrogen-bond donors (Lipinski definition) is 2. The Morgan fingerprint density at radius 2 is 2.22 bits per heavy atom. The zero-order chi connectivity index (χ0) is 15.8. The lowest BCUT2D eigenvalue weighted by atomic mass is 10.3. The third-order valence-corrected chi connectivity index (χ3v) is 3.36. The van der Waals surface area contributed by atoms with E-state index in [1.165, 1.54) is 0 Å². The molecule has 0 aliphatic carbocycles. The van der Waals surface area contributed by atoms with Crippen LogP contribution in [-0.2, 0) is 6.54 Å². The summed E-state index contributed by atoms with van der Waals surface area (Å²) in [7, 11) is 1.64. The van der Waals surface area contributed by atoms with E-state index in [0.29, 0.717) is 12.5 Å². The molecule has 1 heterocycles. The molecule has 2 aromatic rings. The lowest BCUT2D eigenvalue weighted by Gasteiger charge is -2.07. The van der Waals surface area contributed by atoms with Gasteiger partial charge in [0, 0.05) is 37.2 Å². The molecule has 23 heavy (non-hydrogen) atoms.